The molecule has 0 radical (unpaired) electrons. The van der Waals surface area contributed by atoms with Crippen molar-refractivity contribution >= 4 is 11.9 Å². The normalized spacial score (nSPS) is 39.2. The van der Waals surface area contributed by atoms with Crippen LogP contribution < -0.4 is 0 Å². The van der Waals surface area contributed by atoms with E-state index in [1.807, 2.05) is 0 Å². The molecule has 0 amide bonds. The lowest BCUT2D eigenvalue weighted by Gasteiger charge is -2.67. The van der Waals surface area contributed by atoms with Gasteiger partial charge in [-0.2, -0.15) is 0 Å². The first-order valence-corrected chi connectivity index (χ1v) is 15.5. The quantitative estimate of drug-likeness (QED) is 0.297. The van der Waals surface area contributed by atoms with Crippen LogP contribution in [0.4, 0.5) is 0 Å². The largest absolute Gasteiger partial charge is 0.465 e. The highest BCUT2D eigenvalue weighted by molar-refractivity contribution is 5.66. The van der Waals surface area contributed by atoms with E-state index < -0.39 is 0 Å². The van der Waals surface area contributed by atoms with Crippen LogP contribution in [0.15, 0.2) is 22.8 Å². The van der Waals surface area contributed by atoms with Crippen LogP contribution in [0.5, 0.6) is 0 Å². The first-order chi connectivity index (χ1) is 17.7. The summed E-state index contributed by atoms with van der Waals surface area (Å²) in [5.74, 6) is 1.45. The van der Waals surface area contributed by atoms with Crippen LogP contribution in [0, 0.1) is 39.4 Å². The summed E-state index contributed by atoms with van der Waals surface area (Å²) < 4.78 is 11.4. The highest BCUT2D eigenvalue weighted by Crippen LogP contribution is 2.73. The van der Waals surface area contributed by atoms with E-state index >= 15 is 0 Å². The summed E-state index contributed by atoms with van der Waals surface area (Å²) in [6, 6.07) is 0. The molecule has 2 fully saturated rings. The third kappa shape index (κ3) is 4.60. The first-order valence-electron chi connectivity index (χ1n) is 15.5. The van der Waals surface area contributed by atoms with E-state index in [1.165, 1.54) is 19.8 Å². The number of allylic oxidation sites excluding steroid dienone is 3. The molecule has 0 aliphatic heterocycles. The Morgan fingerprint density at radius 3 is 2.37 bits per heavy atom. The second-order valence-corrected chi connectivity index (χ2v) is 14.4. The molecule has 38 heavy (non-hydrogen) atoms. The standard InChI is InChI=1S/C34H54O4/c1-10-26(38-25(6)36)14-16-31(7)23(4)13-17-33(9)29(31)12-11-28-30-27(22(2)3)15-18-34(30,21-37-24(5)35)20-19-32(28,33)8/h11,22-23,26,29H,10,12-21H2,1-9H3/t23?,26?,29?,31?,32-,33?,34?/m1/s1. The Morgan fingerprint density at radius 1 is 1.05 bits per heavy atom. The summed E-state index contributed by atoms with van der Waals surface area (Å²) in [7, 11) is 0. The average Bonchev–Trinajstić information content (AvgIpc) is 3.24. The fourth-order valence-corrected chi connectivity index (χ4v) is 9.52. The van der Waals surface area contributed by atoms with Gasteiger partial charge in [-0.3, -0.25) is 9.59 Å². The van der Waals surface area contributed by atoms with Crippen LogP contribution in [0.1, 0.15) is 127 Å². The minimum atomic E-state index is -0.161. The minimum absolute atomic E-state index is 0.0105. The number of rotatable bonds is 8. The van der Waals surface area contributed by atoms with Crippen LogP contribution in [0.3, 0.4) is 0 Å². The molecule has 0 aromatic carbocycles. The SMILES string of the molecule is CCC(CCC1(C)C(C)CCC2(C)C1CC=C1C3=C(C(C)C)CCC3(COC(C)=O)CC[C@]12C)OC(C)=O. The number of esters is 2. The molecule has 4 nitrogen and oxygen atoms in total. The fraction of sp³-hybridized carbons (Fsp3) is 0.824. The minimum Gasteiger partial charge on any atom is -0.465 e. The molecule has 0 spiro atoms. The van der Waals surface area contributed by atoms with Crippen molar-refractivity contribution in [3.8, 4) is 0 Å². The van der Waals surface area contributed by atoms with Crippen molar-refractivity contribution in [1.82, 2.24) is 0 Å². The number of hydrogen-bond donors (Lipinski definition) is 0. The Hall–Kier alpha value is -1.58. The lowest BCUT2D eigenvalue weighted by Crippen LogP contribution is -2.59. The zero-order valence-corrected chi connectivity index (χ0v) is 25.8. The highest BCUT2D eigenvalue weighted by atomic mass is 16.5. The van der Waals surface area contributed by atoms with Crippen molar-refractivity contribution in [1.29, 1.82) is 0 Å². The predicted molar refractivity (Wildman–Crippen MR) is 153 cm³/mol. The molecule has 0 aromatic rings. The molecule has 0 saturated heterocycles. The van der Waals surface area contributed by atoms with E-state index in [0.717, 1.165) is 51.4 Å². The molecule has 214 valence electrons. The number of carbonyl (C=O) groups excluding carboxylic acids is 2. The molecule has 2 saturated carbocycles. The van der Waals surface area contributed by atoms with Crippen molar-refractivity contribution in [3.63, 3.8) is 0 Å². The van der Waals surface area contributed by atoms with E-state index in [-0.39, 0.29) is 39.7 Å². The van der Waals surface area contributed by atoms with Crippen LogP contribution in [0.2, 0.25) is 0 Å². The van der Waals surface area contributed by atoms with E-state index in [0.29, 0.717) is 24.4 Å². The Kier molecular flexibility index (Phi) is 8.07. The van der Waals surface area contributed by atoms with Gasteiger partial charge in [0.25, 0.3) is 0 Å². The van der Waals surface area contributed by atoms with Gasteiger partial charge in [0, 0.05) is 19.3 Å². The van der Waals surface area contributed by atoms with Gasteiger partial charge in [0.15, 0.2) is 0 Å². The highest BCUT2D eigenvalue weighted by Gasteiger charge is 2.64. The summed E-state index contributed by atoms with van der Waals surface area (Å²) >= 11 is 0. The van der Waals surface area contributed by atoms with E-state index in [4.69, 9.17) is 9.47 Å². The smallest absolute Gasteiger partial charge is 0.302 e. The third-order valence-corrected chi connectivity index (χ3v) is 12.3. The van der Waals surface area contributed by atoms with E-state index in [9.17, 15) is 9.59 Å². The maximum absolute atomic E-state index is 11.9. The van der Waals surface area contributed by atoms with Crippen molar-refractivity contribution < 1.29 is 19.1 Å². The average molecular weight is 527 g/mol. The number of carbonyl (C=O) groups is 2. The monoisotopic (exact) mass is 526 g/mol. The molecular weight excluding hydrogens is 472 g/mol. The Morgan fingerprint density at radius 2 is 1.76 bits per heavy atom. The summed E-state index contributed by atoms with van der Waals surface area (Å²) in [5, 5.41) is 0. The summed E-state index contributed by atoms with van der Waals surface area (Å²) in [6.07, 6.45) is 13.7. The van der Waals surface area contributed by atoms with E-state index in [1.54, 1.807) is 23.6 Å². The maximum Gasteiger partial charge on any atom is 0.302 e. The second-order valence-electron chi connectivity index (χ2n) is 14.4. The molecule has 4 aliphatic carbocycles. The molecule has 6 unspecified atom stereocenters. The van der Waals surface area contributed by atoms with Gasteiger partial charge in [0.2, 0.25) is 0 Å². The molecule has 0 bridgehead atoms. The summed E-state index contributed by atoms with van der Waals surface area (Å²) in [4.78, 5) is 23.6. The molecule has 0 N–H and O–H groups in total. The molecule has 0 aromatic heterocycles. The van der Waals surface area contributed by atoms with Crippen molar-refractivity contribution in [3.05, 3.63) is 22.8 Å². The molecule has 4 heteroatoms. The predicted octanol–water partition coefficient (Wildman–Crippen LogP) is 8.59. The van der Waals surface area contributed by atoms with Crippen LogP contribution in [-0.2, 0) is 19.1 Å². The zero-order valence-electron chi connectivity index (χ0n) is 25.8. The summed E-state index contributed by atoms with van der Waals surface area (Å²) in [5.41, 5.74) is 5.31. The van der Waals surface area contributed by atoms with Gasteiger partial charge in [-0.1, -0.05) is 60.1 Å². The van der Waals surface area contributed by atoms with Gasteiger partial charge in [0.1, 0.15) is 12.7 Å². The second kappa shape index (κ2) is 10.4. The molecule has 4 rings (SSSR count). The van der Waals surface area contributed by atoms with Crippen molar-refractivity contribution in [2.45, 2.75) is 133 Å². The molecule has 4 aliphatic rings. The van der Waals surface area contributed by atoms with Gasteiger partial charge >= 0.3 is 11.9 Å². The Balaban J connectivity index is 1.74. The molecule has 0 heterocycles. The lowest BCUT2D eigenvalue weighted by molar-refractivity contribution is -0.150. The topological polar surface area (TPSA) is 52.6 Å². The number of ether oxygens (including phenoxy) is 2. The Bertz CT molecular complexity index is 1010. The van der Waals surface area contributed by atoms with Crippen LogP contribution in [0.25, 0.3) is 0 Å². The molecular formula is C34H54O4. The third-order valence-electron chi connectivity index (χ3n) is 12.3. The van der Waals surface area contributed by atoms with E-state index in [2.05, 4.69) is 54.5 Å². The van der Waals surface area contributed by atoms with Gasteiger partial charge in [0.05, 0.1) is 0 Å². The van der Waals surface area contributed by atoms with Gasteiger partial charge in [-0.15, -0.1) is 0 Å². The Labute approximate surface area is 232 Å². The van der Waals surface area contributed by atoms with Crippen molar-refractivity contribution in [2.75, 3.05) is 6.61 Å². The van der Waals surface area contributed by atoms with Crippen LogP contribution in [-0.4, -0.2) is 24.6 Å². The zero-order chi connectivity index (χ0) is 28.1. The van der Waals surface area contributed by atoms with Gasteiger partial charge in [-0.05, 0) is 109 Å². The van der Waals surface area contributed by atoms with Gasteiger partial charge < -0.3 is 9.47 Å². The van der Waals surface area contributed by atoms with Crippen molar-refractivity contribution in [2.24, 2.45) is 39.4 Å². The first kappa shape index (κ1) is 29.4. The summed E-state index contributed by atoms with van der Waals surface area (Å²) in [6.45, 7) is 20.6. The number of hydrogen-bond acceptors (Lipinski definition) is 4. The van der Waals surface area contributed by atoms with Crippen LogP contribution >= 0.6 is 0 Å². The maximum atomic E-state index is 11.9. The lowest BCUT2D eigenvalue weighted by atomic mass is 9.38. The fourth-order valence-electron chi connectivity index (χ4n) is 9.52. The molecule has 7 atom stereocenters. The number of fused-ring (bicyclic) bond motifs is 5. The van der Waals surface area contributed by atoms with Gasteiger partial charge in [-0.25, -0.2) is 0 Å².